The summed E-state index contributed by atoms with van der Waals surface area (Å²) in [6.07, 6.45) is 0.00974. The molecule has 128 valence electrons. The van der Waals surface area contributed by atoms with E-state index < -0.39 is 17.2 Å². The molecule has 0 heterocycles. The first-order valence-corrected chi connectivity index (χ1v) is 7.42. The lowest BCUT2D eigenvalue weighted by molar-refractivity contribution is -0.121. The van der Waals surface area contributed by atoms with Crippen LogP contribution in [0, 0.1) is 18.6 Å². The molecular weight excluding hydrogens is 316 g/mol. The van der Waals surface area contributed by atoms with Crippen LogP contribution in [0.1, 0.15) is 23.6 Å². The Labute approximate surface area is 138 Å². The molecular formula is C18H19F2NO3. The first kappa shape index (κ1) is 17.9. The third kappa shape index (κ3) is 4.29. The topological polar surface area (TPSA) is 69.6 Å². The Hall–Kier alpha value is -2.47. The van der Waals surface area contributed by atoms with Crippen LogP contribution in [0.25, 0.3) is 0 Å². The van der Waals surface area contributed by atoms with E-state index in [1.165, 1.54) is 13.0 Å². The molecule has 4 nitrogen and oxygen atoms in total. The number of halogens is 2. The third-order valence-electron chi connectivity index (χ3n) is 3.78. The normalized spacial score (nSPS) is 13.4. The van der Waals surface area contributed by atoms with Gasteiger partial charge in [-0.05, 0) is 37.1 Å². The highest BCUT2D eigenvalue weighted by Crippen LogP contribution is 2.23. The van der Waals surface area contributed by atoms with E-state index in [2.05, 4.69) is 5.32 Å². The molecule has 2 aromatic rings. The molecule has 2 rings (SSSR count). The summed E-state index contributed by atoms with van der Waals surface area (Å²) in [6.45, 7) is 2.85. The standard InChI is InChI=1S/C18H19F2NO3/c1-11-3-4-12(7-16(11)22)8-17(23)21-10-18(2,24)14-6-5-13(19)9-15(14)20/h3-7,9,22,24H,8,10H2,1-2H3,(H,21,23). The molecule has 3 N–H and O–H groups in total. The fourth-order valence-corrected chi connectivity index (χ4v) is 2.31. The van der Waals surface area contributed by atoms with E-state index in [0.717, 1.165) is 12.1 Å². The maximum atomic E-state index is 13.8. The Kier molecular flexibility index (Phi) is 5.19. The van der Waals surface area contributed by atoms with Gasteiger partial charge >= 0.3 is 0 Å². The number of aryl methyl sites for hydroxylation is 1. The predicted molar refractivity (Wildman–Crippen MR) is 85.5 cm³/mol. The van der Waals surface area contributed by atoms with Gasteiger partial charge in [0.05, 0.1) is 13.0 Å². The van der Waals surface area contributed by atoms with Crippen LogP contribution in [0.3, 0.4) is 0 Å². The van der Waals surface area contributed by atoms with Crippen molar-refractivity contribution in [1.82, 2.24) is 5.32 Å². The van der Waals surface area contributed by atoms with E-state index in [1.54, 1.807) is 19.1 Å². The van der Waals surface area contributed by atoms with E-state index in [1.807, 2.05) is 0 Å². The molecule has 0 aliphatic heterocycles. The van der Waals surface area contributed by atoms with Gasteiger partial charge in [0.1, 0.15) is 23.0 Å². The van der Waals surface area contributed by atoms with Gasteiger partial charge in [0, 0.05) is 11.6 Å². The van der Waals surface area contributed by atoms with Crippen LogP contribution >= 0.6 is 0 Å². The minimum Gasteiger partial charge on any atom is -0.508 e. The molecule has 6 heteroatoms. The van der Waals surface area contributed by atoms with Gasteiger partial charge in [0.15, 0.2) is 0 Å². The summed E-state index contributed by atoms with van der Waals surface area (Å²) in [6, 6.07) is 7.78. The number of carbonyl (C=O) groups excluding carboxylic acids is 1. The zero-order chi connectivity index (χ0) is 17.9. The van der Waals surface area contributed by atoms with Crippen molar-refractivity contribution in [1.29, 1.82) is 0 Å². The van der Waals surface area contributed by atoms with Crippen LogP contribution in [0.2, 0.25) is 0 Å². The molecule has 1 atom stereocenters. The average molecular weight is 335 g/mol. The van der Waals surface area contributed by atoms with E-state index in [9.17, 15) is 23.8 Å². The second-order valence-electron chi connectivity index (χ2n) is 5.97. The highest BCUT2D eigenvalue weighted by atomic mass is 19.1. The van der Waals surface area contributed by atoms with Crippen molar-refractivity contribution in [3.63, 3.8) is 0 Å². The third-order valence-corrected chi connectivity index (χ3v) is 3.78. The van der Waals surface area contributed by atoms with E-state index in [-0.39, 0.29) is 30.2 Å². The van der Waals surface area contributed by atoms with Gasteiger partial charge in [-0.15, -0.1) is 0 Å². The molecule has 0 spiro atoms. The molecule has 0 saturated carbocycles. The number of aliphatic hydroxyl groups is 1. The van der Waals surface area contributed by atoms with Crippen LogP contribution in [-0.4, -0.2) is 22.7 Å². The van der Waals surface area contributed by atoms with Crippen LogP contribution in [0.5, 0.6) is 5.75 Å². The van der Waals surface area contributed by atoms with Gasteiger partial charge in [-0.2, -0.15) is 0 Å². The molecule has 0 aliphatic carbocycles. The van der Waals surface area contributed by atoms with Gasteiger partial charge in [0.25, 0.3) is 0 Å². The highest BCUT2D eigenvalue weighted by molar-refractivity contribution is 5.78. The number of benzene rings is 2. The number of phenols is 1. The molecule has 1 amide bonds. The fourth-order valence-electron chi connectivity index (χ4n) is 2.31. The summed E-state index contributed by atoms with van der Waals surface area (Å²) >= 11 is 0. The zero-order valence-corrected chi connectivity index (χ0v) is 13.4. The Bertz CT molecular complexity index is 760. The Morgan fingerprint density at radius 3 is 2.54 bits per heavy atom. The van der Waals surface area contributed by atoms with Crippen molar-refractivity contribution in [2.45, 2.75) is 25.9 Å². The van der Waals surface area contributed by atoms with Crippen molar-refractivity contribution in [2.24, 2.45) is 0 Å². The van der Waals surface area contributed by atoms with Gasteiger partial charge in [-0.1, -0.05) is 18.2 Å². The molecule has 0 aliphatic rings. The number of hydrogen-bond acceptors (Lipinski definition) is 3. The first-order valence-electron chi connectivity index (χ1n) is 7.42. The summed E-state index contributed by atoms with van der Waals surface area (Å²) in [5.74, 6) is -1.91. The minimum atomic E-state index is -1.68. The number of amides is 1. The summed E-state index contributed by atoms with van der Waals surface area (Å²) in [4.78, 5) is 12.0. The Morgan fingerprint density at radius 1 is 1.21 bits per heavy atom. The maximum absolute atomic E-state index is 13.8. The molecule has 0 bridgehead atoms. The van der Waals surface area contributed by atoms with Gasteiger partial charge in [-0.3, -0.25) is 4.79 Å². The van der Waals surface area contributed by atoms with Crippen molar-refractivity contribution >= 4 is 5.91 Å². The predicted octanol–water partition coefficient (Wildman–Crippen LogP) is 2.55. The van der Waals surface area contributed by atoms with E-state index in [0.29, 0.717) is 17.2 Å². The summed E-state index contributed by atoms with van der Waals surface area (Å²) < 4.78 is 26.7. The van der Waals surface area contributed by atoms with E-state index >= 15 is 0 Å². The van der Waals surface area contributed by atoms with Crippen LogP contribution in [0.15, 0.2) is 36.4 Å². The largest absolute Gasteiger partial charge is 0.508 e. The smallest absolute Gasteiger partial charge is 0.224 e. The average Bonchev–Trinajstić information content (AvgIpc) is 2.49. The molecule has 24 heavy (non-hydrogen) atoms. The molecule has 1 unspecified atom stereocenters. The van der Waals surface area contributed by atoms with Gasteiger partial charge in [0.2, 0.25) is 5.91 Å². The zero-order valence-electron chi connectivity index (χ0n) is 13.4. The lowest BCUT2D eigenvalue weighted by atomic mass is 9.95. The van der Waals surface area contributed by atoms with Crippen LogP contribution < -0.4 is 5.32 Å². The Balaban J connectivity index is 2.00. The molecule has 0 saturated heterocycles. The SMILES string of the molecule is Cc1ccc(CC(=O)NCC(C)(O)c2ccc(F)cc2F)cc1O. The fraction of sp³-hybridized carbons (Fsp3) is 0.278. The minimum absolute atomic E-state index is 0.00974. The number of phenolic OH excluding ortho intramolecular Hbond substituents is 1. The van der Waals surface area contributed by atoms with Gasteiger partial charge < -0.3 is 15.5 Å². The van der Waals surface area contributed by atoms with Crippen molar-refractivity contribution < 1.29 is 23.8 Å². The van der Waals surface area contributed by atoms with Crippen LogP contribution in [0.4, 0.5) is 8.78 Å². The summed E-state index contributed by atoms with van der Waals surface area (Å²) in [7, 11) is 0. The van der Waals surface area contributed by atoms with Crippen molar-refractivity contribution in [2.75, 3.05) is 6.54 Å². The number of hydrogen-bond donors (Lipinski definition) is 3. The second kappa shape index (κ2) is 6.97. The Morgan fingerprint density at radius 2 is 1.92 bits per heavy atom. The van der Waals surface area contributed by atoms with Crippen LogP contribution in [-0.2, 0) is 16.8 Å². The molecule has 2 aromatic carbocycles. The molecule has 0 fully saturated rings. The highest BCUT2D eigenvalue weighted by Gasteiger charge is 2.27. The van der Waals surface area contributed by atoms with E-state index in [4.69, 9.17) is 0 Å². The summed E-state index contributed by atoms with van der Waals surface area (Å²) in [5.41, 5.74) is -0.461. The molecule has 0 radical (unpaired) electrons. The maximum Gasteiger partial charge on any atom is 0.224 e. The lowest BCUT2D eigenvalue weighted by Crippen LogP contribution is -2.39. The quantitative estimate of drug-likeness (QED) is 0.786. The summed E-state index contributed by atoms with van der Waals surface area (Å²) in [5, 5.41) is 22.5. The number of rotatable bonds is 5. The monoisotopic (exact) mass is 335 g/mol. The lowest BCUT2D eigenvalue weighted by Gasteiger charge is -2.24. The first-order chi connectivity index (χ1) is 11.2. The van der Waals surface area contributed by atoms with Crippen molar-refractivity contribution in [3.8, 4) is 5.75 Å². The van der Waals surface area contributed by atoms with Gasteiger partial charge in [-0.25, -0.2) is 8.78 Å². The second-order valence-corrected chi connectivity index (χ2v) is 5.97. The number of carbonyl (C=O) groups is 1. The molecule has 0 aromatic heterocycles. The van der Waals surface area contributed by atoms with Crippen molar-refractivity contribution in [3.05, 3.63) is 64.7 Å². The number of nitrogens with one attached hydrogen (secondary N) is 1. The number of aromatic hydroxyl groups is 1.